The number of anilines is 1. The molecular weight excluding hydrogens is 519 g/mol. The molecule has 0 radical (unpaired) electrons. The summed E-state index contributed by atoms with van der Waals surface area (Å²) in [4.78, 5) is 0. The predicted octanol–water partition coefficient (Wildman–Crippen LogP) is 5.67. The third-order valence-corrected chi connectivity index (χ3v) is 5.14. The van der Waals surface area contributed by atoms with Crippen LogP contribution < -0.4 is 5.43 Å². The molecule has 0 spiro atoms. The van der Waals surface area contributed by atoms with Crippen LogP contribution in [0.5, 0.6) is 0 Å². The molecule has 0 aromatic heterocycles. The smallest absolute Gasteiger partial charge is 0.278 e. The minimum absolute atomic E-state index is 0.294. The zero-order chi connectivity index (χ0) is 16.3. The van der Waals surface area contributed by atoms with Crippen LogP contribution in [0.3, 0.4) is 0 Å². The summed E-state index contributed by atoms with van der Waals surface area (Å²) in [6.07, 6.45) is -2.77. The first-order valence-electron chi connectivity index (χ1n) is 6.19. The van der Waals surface area contributed by atoms with Crippen molar-refractivity contribution in [3.63, 3.8) is 0 Å². The van der Waals surface area contributed by atoms with E-state index in [2.05, 4.69) is 55.7 Å². The second kappa shape index (κ2) is 7.16. The lowest BCUT2D eigenvalue weighted by atomic mass is 10.2. The van der Waals surface area contributed by atoms with E-state index >= 15 is 0 Å². The maximum absolute atomic E-state index is 12.6. The summed E-state index contributed by atoms with van der Waals surface area (Å²) in [5.41, 5.74) is 4.30. The van der Waals surface area contributed by atoms with E-state index in [1.54, 1.807) is 6.21 Å². The number of halogens is 5. The van der Waals surface area contributed by atoms with Gasteiger partial charge in [0.15, 0.2) is 0 Å². The fourth-order valence-electron chi connectivity index (χ4n) is 1.69. The topological polar surface area (TPSA) is 24.4 Å². The number of nitrogens with one attached hydrogen (secondary N) is 1. The van der Waals surface area contributed by atoms with E-state index in [0.717, 1.165) is 24.8 Å². The highest BCUT2D eigenvalue weighted by Gasteiger charge is 2.30. The Hall–Kier alpha value is -0.840. The van der Waals surface area contributed by atoms with Gasteiger partial charge in [-0.05, 0) is 93.6 Å². The minimum Gasteiger partial charge on any atom is -0.278 e. The maximum atomic E-state index is 12.6. The largest absolute Gasteiger partial charge is 0.416 e. The third-order valence-electron chi connectivity index (χ3n) is 2.90. The summed E-state index contributed by atoms with van der Waals surface area (Å²) >= 11 is 4.48. The van der Waals surface area contributed by atoms with Gasteiger partial charge in [0.25, 0.3) is 0 Å². The van der Waals surface area contributed by atoms with Gasteiger partial charge in [0.2, 0.25) is 0 Å². The second-order valence-corrected chi connectivity index (χ2v) is 6.88. The van der Waals surface area contributed by atoms with Gasteiger partial charge in [0.05, 0.1) is 17.5 Å². The van der Waals surface area contributed by atoms with Gasteiger partial charge >= 0.3 is 6.18 Å². The minimum atomic E-state index is -4.36. The van der Waals surface area contributed by atoms with Crippen LogP contribution in [-0.2, 0) is 6.18 Å². The highest BCUT2D eigenvalue weighted by Crippen LogP contribution is 2.30. The first-order chi connectivity index (χ1) is 10.3. The van der Waals surface area contributed by atoms with Crippen molar-refractivity contribution < 1.29 is 13.2 Å². The fraction of sp³-hybridized carbons (Fsp3) is 0.133. The highest BCUT2D eigenvalue weighted by atomic mass is 127. The SMILES string of the molecule is Cc1c(I)cc(/C=N/Nc2cccc(C(F)(F)F)c2)cc1I. The molecule has 1 N–H and O–H groups in total. The van der Waals surface area contributed by atoms with E-state index in [9.17, 15) is 13.2 Å². The standard InChI is InChI=1S/C15H11F3I2N2/c1-9-13(19)5-10(6-14(9)20)8-21-22-12-4-2-3-11(7-12)15(16,17)18/h2-8,22H,1H3/b21-8+. The van der Waals surface area contributed by atoms with Crippen molar-refractivity contribution >= 4 is 57.1 Å². The molecule has 2 aromatic carbocycles. The average Bonchev–Trinajstić information content (AvgIpc) is 2.44. The monoisotopic (exact) mass is 530 g/mol. The molecule has 7 heteroatoms. The number of hydrazone groups is 1. The summed E-state index contributed by atoms with van der Waals surface area (Å²) in [5.74, 6) is 0. The molecule has 0 atom stereocenters. The molecule has 0 aliphatic rings. The number of benzene rings is 2. The molecule has 0 amide bonds. The van der Waals surface area contributed by atoms with Crippen molar-refractivity contribution in [1.82, 2.24) is 0 Å². The molecule has 0 aliphatic heterocycles. The predicted molar refractivity (Wildman–Crippen MR) is 99.3 cm³/mol. The van der Waals surface area contributed by atoms with E-state index in [0.29, 0.717) is 5.69 Å². The Morgan fingerprint density at radius 1 is 1.09 bits per heavy atom. The van der Waals surface area contributed by atoms with Gasteiger partial charge in [-0.15, -0.1) is 0 Å². The molecule has 2 aromatic rings. The molecule has 0 fully saturated rings. The van der Waals surface area contributed by atoms with Gasteiger partial charge in [0.1, 0.15) is 0 Å². The second-order valence-electron chi connectivity index (χ2n) is 4.56. The molecule has 0 saturated heterocycles. The van der Waals surface area contributed by atoms with Crippen molar-refractivity contribution in [3.8, 4) is 0 Å². The van der Waals surface area contributed by atoms with Crippen LogP contribution >= 0.6 is 45.2 Å². The van der Waals surface area contributed by atoms with Crippen LogP contribution in [0.1, 0.15) is 16.7 Å². The van der Waals surface area contributed by atoms with Crippen LogP contribution in [0.15, 0.2) is 41.5 Å². The molecule has 0 unspecified atom stereocenters. The molecule has 0 saturated carbocycles. The quantitative estimate of drug-likeness (QED) is 0.309. The van der Waals surface area contributed by atoms with E-state index in [1.165, 1.54) is 17.7 Å². The molecular formula is C15H11F3I2N2. The number of hydrogen-bond donors (Lipinski definition) is 1. The number of hydrogen-bond acceptors (Lipinski definition) is 2. The Balaban J connectivity index is 2.13. The van der Waals surface area contributed by atoms with Gasteiger partial charge in [-0.1, -0.05) is 6.07 Å². The van der Waals surface area contributed by atoms with Crippen molar-refractivity contribution in [2.75, 3.05) is 5.43 Å². The van der Waals surface area contributed by atoms with Gasteiger partial charge in [-0.25, -0.2) is 0 Å². The lowest BCUT2D eigenvalue weighted by molar-refractivity contribution is -0.137. The maximum Gasteiger partial charge on any atom is 0.416 e. The lowest BCUT2D eigenvalue weighted by Gasteiger charge is -2.08. The first kappa shape index (κ1) is 17.5. The Bertz CT molecular complexity index is 689. The van der Waals surface area contributed by atoms with Crippen LogP contribution in [-0.4, -0.2) is 6.21 Å². The molecule has 0 bridgehead atoms. The summed E-state index contributed by atoms with van der Waals surface area (Å²) in [6.45, 7) is 2.03. The number of alkyl halides is 3. The Morgan fingerprint density at radius 3 is 2.32 bits per heavy atom. The fourth-order valence-corrected chi connectivity index (χ4v) is 3.50. The first-order valence-corrected chi connectivity index (χ1v) is 8.35. The molecule has 116 valence electrons. The molecule has 0 aliphatic carbocycles. The highest BCUT2D eigenvalue weighted by molar-refractivity contribution is 14.1. The van der Waals surface area contributed by atoms with Crippen molar-refractivity contribution in [1.29, 1.82) is 0 Å². The van der Waals surface area contributed by atoms with Gasteiger partial charge in [0, 0.05) is 7.14 Å². The van der Waals surface area contributed by atoms with E-state index < -0.39 is 11.7 Å². The van der Waals surface area contributed by atoms with Crippen LogP contribution in [0.2, 0.25) is 0 Å². The van der Waals surface area contributed by atoms with Crippen LogP contribution in [0.4, 0.5) is 18.9 Å². The Labute approximate surface area is 153 Å². The summed E-state index contributed by atoms with van der Waals surface area (Å²) in [7, 11) is 0. The molecule has 0 heterocycles. The van der Waals surface area contributed by atoms with Crippen LogP contribution in [0.25, 0.3) is 0 Å². The number of nitrogens with zero attached hydrogens (tertiary/aromatic N) is 1. The Kier molecular flexibility index (Phi) is 5.70. The van der Waals surface area contributed by atoms with Gasteiger partial charge in [-0.3, -0.25) is 5.43 Å². The summed E-state index contributed by atoms with van der Waals surface area (Å²) in [5, 5.41) is 4.00. The molecule has 22 heavy (non-hydrogen) atoms. The zero-order valence-corrected chi connectivity index (χ0v) is 15.7. The average molecular weight is 530 g/mol. The molecule has 2 rings (SSSR count). The normalized spacial score (nSPS) is 11.9. The zero-order valence-electron chi connectivity index (χ0n) is 11.4. The third kappa shape index (κ3) is 4.58. The van der Waals surface area contributed by atoms with Crippen molar-refractivity contribution in [3.05, 3.63) is 60.2 Å². The number of rotatable bonds is 3. The van der Waals surface area contributed by atoms with E-state index in [4.69, 9.17) is 0 Å². The van der Waals surface area contributed by atoms with E-state index in [1.807, 2.05) is 19.1 Å². The van der Waals surface area contributed by atoms with Crippen molar-refractivity contribution in [2.45, 2.75) is 13.1 Å². The van der Waals surface area contributed by atoms with Crippen LogP contribution in [0, 0.1) is 14.1 Å². The van der Waals surface area contributed by atoms with E-state index in [-0.39, 0.29) is 0 Å². The molecule has 2 nitrogen and oxygen atoms in total. The summed E-state index contributed by atoms with van der Waals surface area (Å²) < 4.78 is 40.1. The summed E-state index contributed by atoms with van der Waals surface area (Å²) in [6, 6.07) is 8.87. The van der Waals surface area contributed by atoms with Crippen molar-refractivity contribution in [2.24, 2.45) is 5.10 Å². The Morgan fingerprint density at radius 2 is 1.73 bits per heavy atom. The van der Waals surface area contributed by atoms with Gasteiger partial charge in [-0.2, -0.15) is 18.3 Å². The van der Waals surface area contributed by atoms with Gasteiger partial charge < -0.3 is 0 Å². The lowest BCUT2D eigenvalue weighted by Crippen LogP contribution is -2.05.